The third kappa shape index (κ3) is 4.07. The van der Waals surface area contributed by atoms with Gasteiger partial charge in [0.25, 0.3) is 0 Å². The number of amides is 1. The monoisotopic (exact) mass is 282 g/mol. The molecule has 0 saturated heterocycles. The second-order valence-electron chi connectivity index (χ2n) is 5.55. The van der Waals surface area contributed by atoms with Gasteiger partial charge in [-0.15, -0.1) is 0 Å². The van der Waals surface area contributed by atoms with Crippen LogP contribution in [0.2, 0.25) is 0 Å². The van der Waals surface area contributed by atoms with E-state index in [1.165, 1.54) is 0 Å². The number of nitrogens with zero attached hydrogens (tertiary/aromatic N) is 1. The van der Waals surface area contributed by atoms with Crippen molar-refractivity contribution in [2.75, 3.05) is 6.54 Å². The molecule has 114 valence electrons. The summed E-state index contributed by atoms with van der Waals surface area (Å²) in [6.45, 7) is 9.86. The lowest BCUT2D eigenvalue weighted by Crippen LogP contribution is -2.42. The van der Waals surface area contributed by atoms with Gasteiger partial charge in [-0.1, -0.05) is 25.9 Å². The average Bonchev–Trinajstić information content (AvgIpc) is 2.75. The van der Waals surface area contributed by atoms with Crippen molar-refractivity contribution in [3.05, 3.63) is 17.0 Å². The minimum Gasteiger partial charge on any atom is -0.388 e. The maximum Gasteiger partial charge on any atom is 0.220 e. The van der Waals surface area contributed by atoms with Crippen molar-refractivity contribution in [1.82, 2.24) is 10.5 Å². The molecule has 0 spiro atoms. The number of aliphatic hydroxyl groups is 1. The van der Waals surface area contributed by atoms with E-state index in [0.29, 0.717) is 25.8 Å². The molecule has 1 aromatic rings. The van der Waals surface area contributed by atoms with Crippen LogP contribution in [0.15, 0.2) is 4.52 Å². The van der Waals surface area contributed by atoms with Crippen LogP contribution in [0, 0.1) is 13.8 Å². The standard InChI is InChI=1S/C15H26N2O3/c1-6-15(19,7-2)9-16-13(18)8-10(3)14-11(4)17-20-12(14)5/h10,19H,6-9H2,1-5H3,(H,16,18). The summed E-state index contributed by atoms with van der Waals surface area (Å²) in [6, 6.07) is 0. The molecule has 5 nitrogen and oxygen atoms in total. The molecular weight excluding hydrogens is 256 g/mol. The summed E-state index contributed by atoms with van der Waals surface area (Å²) >= 11 is 0. The zero-order chi connectivity index (χ0) is 15.3. The Kier molecular flexibility index (Phi) is 5.74. The van der Waals surface area contributed by atoms with Crippen molar-refractivity contribution in [1.29, 1.82) is 0 Å². The molecule has 2 N–H and O–H groups in total. The normalized spacial score (nSPS) is 13.3. The van der Waals surface area contributed by atoms with Crippen molar-refractivity contribution in [3.63, 3.8) is 0 Å². The highest BCUT2D eigenvalue weighted by molar-refractivity contribution is 5.77. The number of hydrogen-bond acceptors (Lipinski definition) is 4. The van der Waals surface area contributed by atoms with Crippen molar-refractivity contribution >= 4 is 5.91 Å². The van der Waals surface area contributed by atoms with Gasteiger partial charge in [0.1, 0.15) is 5.76 Å². The summed E-state index contributed by atoms with van der Waals surface area (Å²) in [5.41, 5.74) is 1.03. The van der Waals surface area contributed by atoms with Crippen LogP contribution < -0.4 is 5.32 Å². The highest BCUT2D eigenvalue weighted by Gasteiger charge is 2.24. The zero-order valence-electron chi connectivity index (χ0n) is 13.1. The summed E-state index contributed by atoms with van der Waals surface area (Å²) in [6.07, 6.45) is 1.62. The van der Waals surface area contributed by atoms with Gasteiger partial charge in [-0.25, -0.2) is 0 Å². The van der Waals surface area contributed by atoms with Crippen molar-refractivity contribution in [2.24, 2.45) is 0 Å². The Labute approximate surface area is 120 Å². The van der Waals surface area contributed by atoms with E-state index in [1.807, 2.05) is 34.6 Å². The third-order valence-electron chi connectivity index (χ3n) is 4.00. The SMILES string of the molecule is CCC(O)(CC)CNC(=O)CC(C)c1c(C)noc1C. The molecule has 0 fully saturated rings. The van der Waals surface area contributed by atoms with Crippen LogP contribution in [0.1, 0.15) is 63.0 Å². The number of hydrogen-bond donors (Lipinski definition) is 2. The van der Waals surface area contributed by atoms with E-state index in [0.717, 1.165) is 17.0 Å². The van der Waals surface area contributed by atoms with Crippen LogP contribution in [0.4, 0.5) is 0 Å². The van der Waals surface area contributed by atoms with E-state index in [1.54, 1.807) is 0 Å². The molecule has 5 heteroatoms. The average molecular weight is 282 g/mol. The number of carbonyl (C=O) groups excluding carboxylic acids is 1. The number of aryl methyl sites for hydroxylation is 2. The first-order valence-corrected chi connectivity index (χ1v) is 7.24. The highest BCUT2D eigenvalue weighted by Crippen LogP contribution is 2.25. The van der Waals surface area contributed by atoms with Gasteiger partial charge in [0, 0.05) is 18.5 Å². The zero-order valence-corrected chi connectivity index (χ0v) is 13.1. The van der Waals surface area contributed by atoms with Crippen molar-refractivity contribution in [2.45, 2.75) is 65.4 Å². The first-order valence-electron chi connectivity index (χ1n) is 7.24. The molecule has 0 saturated carbocycles. The maximum absolute atomic E-state index is 12.0. The molecule has 1 rings (SSSR count). The Bertz CT molecular complexity index is 430. The Morgan fingerprint density at radius 3 is 2.45 bits per heavy atom. The molecule has 1 amide bonds. The van der Waals surface area contributed by atoms with Crippen molar-refractivity contribution in [3.8, 4) is 0 Å². The fourth-order valence-corrected chi connectivity index (χ4v) is 2.41. The Morgan fingerprint density at radius 1 is 1.40 bits per heavy atom. The van der Waals surface area contributed by atoms with Crippen LogP contribution >= 0.6 is 0 Å². The fraction of sp³-hybridized carbons (Fsp3) is 0.733. The molecule has 20 heavy (non-hydrogen) atoms. The summed E-state index contributed by atoms with van der Waals surface area (Å²) in [7, 11) is 0. The van der Waals surface area contributed by atoms with Gasteiger partial charge in [0.2, 0.25) is 5.91 Å². The van der Waals surface area contributed by atoms with Crippen LogP contribution in [0.25, 0.3) is 0 Å². The quantitative estimate of drug-likeness (QED) is 0.805. The molecular formula is C15H26N2O3. The van der Waals surface area contributed by atoms with Crippen LogP contribution in [0.3, 0.4) is 0 Å². The third-order valence-corrected chi connectivity index (χ3v) is 4.00. The van der Waals surface area contributed by atoms with E-state index in [4.69, 9.17) is 4.52 Å². The molecule has 0 aromatic carbocycles. The number of aromatic nitrogens is 1. The predicted molar refractivity (Wildman–Crippen MR) is 77.6 cm³/mol. The first-order chi connectivity index (χ1) is 9.33. The molecule has 1 unspecified atom stereocenters. The van der Waals surface area contributed by atoms with Crippen molar-refractivity contribution < 1.29 is 14.4 Å². The van der Waals surface area contributed by atoms with Gasteiger partial charge in [0.05, 0.1) is 11.3 Å². The van der Waals surface area contributed by atoms with E-state index in [-0.39, 0.29) is 11.8 Å². The van der Waals surface area contributed by atoms with Gasteiger partial charge >= 0.3 is 0 Å². The lowest BCUT2D eigenvalue weighted by atomic mass is 9.95. The van der Waals surface area contributed by atoms with Gasteiger partial charge in [-0.2, -0.15) is 0 Å². The number of carbonyl (C=O) groups is 1. The highest BCUT2D eigenvalue weighted by atomic mass is 16.5. The molecule has 0 bridgehead atoms. The van der Waals surface area contributed by atoms with Crippen LogP contribution in [-0.4, -0.2) is 28.3 Å². The minimum atomic E-state index is -0.804. The second kappa shape index (κ2) is 6.88. The maximum atomic E-state index is 12.0. The molecule has 1 atom stereocenters. The molecule has 1 aromatic heterocycles. The van der Waals surface area contributed by atoms with Gasteiger partial charge < -0.3 is 14.9 Å². The fourth-order valence-electron chi connectivity index (χ4n) is 2.41. The van der Waals surface area contributed by atoms with Crippen LogP contribution in [-0.2, 0) is 4.79 Å². The molecule has 1 heterocycles. The van der Waals surface area contributed by atoms with E-state index < -0.39 is 5.60 Å². The van der Waals surface area contributed by atoms with Gasteiger partial charge in [-0.05, 0) is 32.6 Å². The molecule has 0 aliphatic heterocycles. The minimum absolute atomic E-state index is 0.0533. The largest absolute Gasteiger partial charge is 0.388 e. The topological polar surface area (TPSA) is 75.4 Å². The predicted octanol–water partition coefficient (Wildman–Crippen LogP) is 2.45. The van der Waals surface area contributed by atoms with E-state index in [9.17, 15) is 9.90 Å². The smallest absolute Gasteiger partial charge is 0.220 e. The first kappa shape index (κ1) is 16.7. The van der Waals surface area contributed by atoms with E-state index in [2.05, 4.69) is 10.5 Å². The van der Waals surface area contributed by atoms with Gasteiger partial charge in [-0.3, -0.25) is 4.79 Å². The summed E-state index contributed by atoms with van der Waals surface area (Å²) in [5.74, 6) is 0.761. The summed E-state index contributed by atoms with van der Waals surface area (Å²) < 4.78 is 5.13. The Morgan fingerprint density at radius 2 is 2.00 bits per heavy atom. The Hall–Kier alpha value is -1.36. The second-order valence-corrected chi connectivity index (χ2v) is 5.55. The summed E-state index contributed by atoms with van der Waals surface area (Å²) in [4.78, 5) is 12.0. The molecule has 0 aliphatic rings. The number of nitrogens with one attached hydrogen (secondary N) is 1. The Balaban J connectivity index is 2.55. The van der Waals surface area contributed by atoms with Crippen LogP contribution in [0.5, 0.6) is 0 Å². The summed E-state index contributed by atoms with van der Waals surface area (Å²) in [5, 5.41) is 16.9. The molecule has 0 radical (unpaired) electrons. The molecule has 0 aliphatic carbocycles. The van der Waals surface area contributed by atoms with E-state index >= 15 is 0 Å². The number of rotatable bonds is 7. The lowest BCUT2D eigenvalue weighted by Gasteiger charge is -2.25. The lowest BCUT2D eigenvalue weighted by molar-refractivity contribution is -0.122. The van der Waals surface area contributed by atoms with Gasteiger partial charge in [0.15, 0.2) is 0 Å².